The minimum absolute atomic E-state index is 0.0289. The van der Waals surface area contributed by atoms with Crippen molar-refractivity contribution in [2.75, 3.05) is 11.1 Å². The Hall–Kier alpha value is -3.56. The fourth-order valence-electron chi connectivity index (χ4n) is 3.45. The highest BCUT2D eigenvalue weighted by atomic mass is 32.2. The van der Waals surface area contributed by atoms with E-state index in [1.165, 1.54) is 0 Å². The summed E-state index contributed by atoms with van der Waals surface area (Å²) in [5.74, 6) is -1.25. The Bertz CT molecular complexity index is 1190. The first kappa shape index (κ1) is 24.1. The Labute approximate surface area is 197 Å². The van der Waals surface area contributed by atoms with Crippen molar-refractivity contribution >= 4 is 29.4 Å². The predicted molar refractivity (Wildman–Crippen MR) is 127 cm³/mol. The topological polar surface area (TPSA) is 124 Å². The number of nitrogens with zero attached hydrogens (tertiary/aromatic N) is 4. The van der Waals surface area contributed by atoms with Crippen molar-refractivity contribution in [3.63, 3.8) is 0 Å². The molecule has 1 aliphatic rings. The molecular formula is C24H26N6O2S. The molecule has 2 amide bonds. The maximum absolute atomic E-state index is 12.8. The van der Waals surface area contributed by atoms with Crippen LogP contribution in [0.25, 0.3) is 5.69 Å². The Balaban J connectivity index is 1.83. The van der Waals surface area contributed by atoms with E-state index in [0.29, 0.717) is 10.8 Å². The van der Waals surface area contributed by atoms with E-state index in [0.717, 1.165) is 23.1 Å². The number of hydrogen-bond donors (Lipinski definition) is 2. The Morgan fingerprint density at radius 1 is 1.27 bits per heavy atom. The number of anilines is 1. The molecule has 2 N–H and O–H groups in total. The van der Waals surface area contributed by atoms with Crippen LogP contribution in [0.4, 0.5) is 5.82 Å². The number of allylic oxidation sites excluding steroid dienone is 1. The van der Waals surface area contributed by atoms with Gasteiger partial charge in [0.1, 0.15) is 11.7 Å². The molecule has 1 atom stereocenters. The van der Waals surface area contributed by atoms with Crippen molar-refractivity contribution in [3.8, 4) is 17.8 Å². The quantitative estimate of drug-likeness (QED) is 0.695. The summed E-state index contributed by atoms with van der Waals surface area (Å²) in [6.45, 7) is 9.51. The van der Waals surface area contributed by atoms with Crippen LogP contribution >= 0.6 is 11.8 Å². The zero-order valence-corrected chi connectivity index (χ0v) is 20.1. The van der Waals surface area contributed by atoms with Gasteiger partial charge in [0.2, 0.25) is 11.8 Å². The van der Waals surface area contributed by atoms with E-state index >= 15 is 0 Å². The van der Waals surface area contributed by atoms with Gasteiger partial charge in [0.05, 0.1) is 39.9 Å². The predicted octanol–water partition coefficient (Wildman–Crippen LogP) is 3.87. The summed E-state index contributed by atoms with van der Waals surface area (Å²) in [7, 11) is 0. The minimum Gasteiger partial charge on any atom is -0.319 e. The summed E-state index contributed by atoms with van der Waals surface area (Å²) < 4.78 is 1.69. The number of hydrogen-bond acceptors (Lipinski definition) is 6. The van der Waals surface area contributed by atoms with E-state index in [-0.39, 0.29) is 22.6 Å². The zero-order chi connectivity index (χ0) is 24.4. The largest absolute Gasteiger partial charge is 0.319 e. The Morgan fingerprint density at radius 2 is 1.94 bits per heavy atom. The third-order valence-corrected chi connectivity index (χ3v) is 6.43. The molecule has 3 rings (SSSR count). The average Bonchev–Trinajstić information content (AvgIpc) is 3.16. The van der Waals surface area contributed by atoms with Crippen LogP contribution in [0.15, 0.2) is 47.0 Å². The molecule has 8 nitrogen and oxygen atoms in total. The lowest BCUT2D eigenvalue weighted by molar-refractivity contribution is -0.125. The molecule has 0 unspecified atom stereocenters. The van der Waals surface area contributed by atoms with Crippen LogP contribution in [0.2, 0.25) is 0 Å². The third kappa shape index (κ3) is 4.94. The first-order chi connectivity index (χ1) is 15.5. The van der Waals surface area contributed by atoms with Crippen LogP contribution in [0.1, 0.15) is 40.3 Å². The highest BCUT2D eigenvalue weighted by Gasteiger charge is 2.44. The van der Waals surface area contributed by atoms with E-state index in [1.54, 1.807) is 18.5 Å². The monoisotopic (exact) mass is 462 g/mol. The highest BCUT2D eigenvalue weighted by molar-refractivity contribution is 8.03. The van der Waals surface area contributed by atoms with Gasteiger partial charge >= 0.3 is 0 Å². The lowest BCUT2D eigenvalue weighted by Gasteiger charge is -2.34. The van der Waals surface area contributed by atoms with Crippen LogP contribution in [0.5, 0.6) is 0 Å². The third-order valence-electron chi connectivity index (χ3n) is 5.43. The van der Waals surface area contributed by atoms with Gasteiger partial charge in [-0.2, -0.15) is 15.6 Å². The first-order valence-electron chi connectivity index (χ1n) is 10.4. The molecule has 0 fully saturated rings. The fraction of sp³-hybridized carbons (Fsp3) is 0.375. The van der Waals surface area contributed by atoms with Crippen molar-refractivity contribution in [1.82, 2.24) is 15.1 Å². The standard InChI is InChI=1S/C24H26N6O2S/c1-23(2,3)18-11-19(30(29-18)15-9-7-6-8-10-15)27-20(31)14-33-22-17(13-26)24(4,5)16(12-25)21(32)28-22/h6-11,16H,14H2,1-5H3,(H,27,31)(H,28,32)/t16-/m1/s1. The molecule has 0 saturated carbocycles. The Kier molecular flexibility index (Phi) is 6.66. The summed E-state index contributed by atoms with van der Waals surface area (Å²) in [6, 6.07) is 15.4. The van der Waals surface area contributed by atoms with Crippen LogP contribution in [-0.2, 0) is 15.0 Å². The number of benzene rings is 1. The Morgan fingerprint density at radius 3 is 2.52 bits per heavy atom. The number of nitrogens with one attached hydrogen (secondary N) is 2. The number of amides is 2. The van der Waals surface area contributed by atoms with Gasteiger partial charge in [-0.3, -0.25) is 9.59 Å². The molecule has 0 aliphatic carbocycles. The summed E-state index contributed by atoms with van der Waals surface area (Å²) in [5, 5.41) is 29.5. The van der Waals surface area contributed by atoms with Gasteiger partial charge < -0.3 is 10.6 Å². The lowest BCUT2D eigenvalue weighted by atomic mass is 9.72. The molecule has 9 heteroatoms. The minimum atomic E-state index is -0.971. The second kappa shape index (κ2) is 9.13. The van der Waals surface area contributed by atoms with Crippen LogP contribution in [0, 0.1) is 34.0 Å². The smallest absolute Gasteiger partial charge is 0.243 e. The number of rotatable bonds is 5. The normalized spacial score (nSPS) is 17.7. The summed E-state index contributed by atoms with van der Waals surface area (Å²) in [5.41, 5.74) is 0.770. The summed E-state index contributed by atoms with van der Waals surface area (Å²) in [6.07, 6.45) is 0. The lowest BCUT2D eigenvalue weighted by Crippen LogP contribution is -2.44. The van der Waals surface area contributed by atoms with Crippen molar-refractivity contribution in [2.45, 2.75) is 40.0 Å². The van der Waals surface area contributed by atoms with Crippen LogP contribution in [-0.4, -0.2) is 27.3 Å². The number of carbonyl (C=O) groups is 2. The van der Waals surface area contributed by atoms with Gasteiger partial charge in [-0.1, -0.05) is 64.6 Å². The summed E-state index contributed by atoms with van der Waals surface area (Å²) >= 11 is 1.06. The second-order valence-corrected chi connectivity index (χ2v) is 10.3. The van der Waals surface area contributed by atoms with E-state index in [4.69, 9.17) is 0 Å². The fourth-order valence-corrected chi connectivity index (χ4v) is 4.43. The van der Waals surface area contributed by atoms with Crippen LogP contribution < -0.4 is 10.6 Å². The van der Waals surface area contributed by atoms with Crippen molar-refractivity contribution < 1.29 is 9.59 Å². The molecular weight excluding hydrogens is 436 g/mol. The molecule has 33 heavy (non-hydrogen) atoms. The molecule has 170 valence electrons. The van der Waals surface area contributed by atoms with Gasteiger partial charge in [-0.05, 0) is 12.1 Å². The number of thioether (sulfide) groups is 1. The molecule has 2 aromatic rings. The van der Waals surface area contributed by atoms with Crippen LogP contribution in [0.3, 0.4) is 0 Å². The van der Waals surface area contributed by atoms with Gasteiger partial charge in [0.15, 0.2) is 0 Å². The summed E-state index contributed by atoms with van der Waals surface area (Å²) in [4.78, 5) is 25.2. The molecule has 1 aromatic heterocycles. The van der Waals surface area contributed by atoms with E-state index in [2.05, 4.69) is 21.8 Å². The van der Waals surface area contributed by atoms with Crippen molar-refractivity contribution in [2.24, 2.45) is 11.3 Å². The molecule has 0 saturated heterocycles. The number of para-hydroxylation sites is 1. The van der Waals surface area contributed by atoms with Crippen molar-refractivity contribution in [3.05, 3.63) is 52.7 Å². The highest BCUT2D eigenvalue weighted by Crippen LogP contribution is 2.41. The maximum atomic E-state index is 12.8. The van der Waals surface area contributed by atoms with Gasteiger partial charge in [0.25, 0.3) is 0 Å². The molecule has 1 aromatic carbocycles. The molecule has 0 radical (unpaired) electrons. The SMILES string of the molecule is CC(C)(C)c1cc(NC(=O)CSC2=C(C#N)C(C)(C)[C@H](C#N)C(=O)N2)n(-c2ccccc2)n1. The first-order valence-corrected chi connectivity index (χ1v) is 11.4. The number of aromatic nitrogens is 2. The maximum Gasteiger partial charge on any atom is 0.243 e. The van der Waals surface area contributed by atoms with Gasteiger partial charge in [0, 0.05) is 16.9 Å². The molecule has 1 aliphatic heterocycles. The molecule has 0 spiro atoms. The van der Waals surface area contributed by atoms with Gasteiger partial charge in [-0.15, -0.1) is 0 Å². The van der Waals surface area contributed by atoms with E-state index < -0.39 is 17.2 Å². The average molecular weight is 463 g/mol. The van der Waals surface area contributed by atoms with E-state index in [1.807, 2.05) is 63.2 Å². The zero-order valence-electron chi connectivity index (χ0n) is 19.3. The molecule has 0 bridgehead atoms. The number of carbonyl (C=O) groups excluding carboxylic acids is 2. The second-order valence-electron chi connectivity index (χ2n) is 9.34. The van der Waals surface area contributed by atoms with Crippen molar-refractivity contribution in [1.29, 1.82) is 10.5 Å². The molecule has 2 heterocycles. The number of nitriles is 2. The van der Waals surface area contributed by atoms with E-state index in [9.17, 15) is 20.1 Å². The van der Waals surface area contributed by atoms with Gasteiger partial charge in [-0.25, -0.2) is 4.68 Å².